The summed E-state index contributed by atoms with van der Waals surface area (Å²) >= 11 is 7.66. The average molecular weight is 236 g/mol. The van der Waals surface area contributed by atoms with Crippen LogP contribution in [0.15, 0.2) is 30.5 Å². The molecule has 4 heteroatoms. The molecule has 0 aliphatic carbocycles. The number of nitrogens with zero attached hydrogens (tertiary/aromatic N) is 1. The molecule has 3 rings (SSSR count). The van der Waals surface area contributed by atoms with Crippen molar-refractivity contribution in [1.82, 2.24) is 4.98 Å². The predicted octanol–water partition coefficient (Wildman–Crippen LogP) is 3.81. The highest BCUT2D eigenvalue weighted by Crippen LogP contribution is 2.40. The van der Waals surface area contributed by atoms with Crippen LogP contribution in [0.25, 0.3) is 20.2 Å². The van der Waals surface area contributed by atoms with Crippen LogP contribution in [0.1, 0.15) is 0 Å². The molecule has 3 aromatic rings. The van der Waals surface area contributed by atoms with Gasteiger partial charge in [0, 0.05) is 16.3 Å². The second-order valence-electron chi connectivity index (χ2n) is 3.23. The third-order valence-electron chi connectivity index (χ3n) is 2.34. The van der Waals surface area contributed by atoms with Crippen molar-refractivity contribution >= 4 is 43.1 Å². The van der Waals surface area contributed by atoms with Gasteiger partial charge in [0.05, 0.1) is 15.1 Å². The Labute approximate surface area is 94.8 Å². The first kappa shape index (κ1) is 8.95. The molecule has 0 aliphatic rings. The summed E-state index contributed by atoms with van der Waals surface area (Å²) in [5, 5.41) is 12.2. The van der Waals surface area contributed by atoms with E-state index in [4.69, 9.17) is 11.6 Å². The molecule has 1 N–H and O–H groups in total. The van der Waals surface area contributed by atoms with E-state index >= 15 is 0 Å². The summed E-state index contributed by atoms with van der Waals surface area (Å²) in [6, 6.07) is 7.56. The van der Waals surface area contributed by atoms with Crippen molar-refractivity contribution in [3.8, 4) is 5.88 Å². The van der Waals surface area contributed by atoms with E-state index in [1.54, 1.807) is 17.5 Å². The normalized spacial score (nSPS) is 11.3. The number of fused-ring (bicyclic) bond motifs is 3. The Morgan fingerprint density at radius 2 is 2.13 bits per heavy atom. The lowest BCUT2D eigenvalue weighted by Crippen LogP contribution is -1.73. The van der Waals surface area contributed by atoms with Crippen molar-refractivity contribution in [2.24, 2.45) is 0 Å². The van der Waals surface area contributed by atoms with Gasteiger partial charge in [0.25, 0.3) is 0 Å². The molecule has 2 aromatic heterocycles. The monoisotopic (exact) mass is 235 g/mol. The minimum atomic E-state index is 0.0704. The number of halogens is 1. The van der Waals surface area contributed by atoms with Gasteiger partial charge in [-0.15, -0.1) is 11.3 Å². The standard InChI is InChI=1S/C11H6ClNOS/c12-7-3-1-2-6-9-8(15-10(6)7)4-5-13-11(9)14/h1-5H,(H,13,14). The molecule has 0 spiro atoms. The van der Waals surface area contributed by atoms with Gasteiger partial charge in [-0.05, 0) is 12.1 Å². The molecule has 0 atom stereocenters. The van der Waals surface area contributed by atoms with Crippen LogP contribution in [-0.4, -0.2) is 10.1 Å². The summed E-state index contributed by atoms with van der Waals surface area (Å²) in [4.78, 5) is 3.88. The molecular formula is C11H6ClNOS. The molecular weight excluding hydrogens is 230 g/mol. The molecule has 0 aliphatic heterocycles. The maximum atomic E-state index is 9.70. The Kier molecular flexibility index (Phi) is 1.84. The molecule has 74 valence electrons. The summed E-state index contributed by atoms with van der Waals surface area (Å²) < 4.78 is 2.00. The number of thiophene rings is 1. The molecule has 2 nitrogen and oxygen atoms in total. The van der Waals surface area contributed by atoms with E-state index in [1.165, 1.54) is 0 Å². The van der Waals surface area contributed by atoms with Gasteiger partial charge in [0.2, 0.25) is 5.88 Å². The largest absolute Gasteiger partial charge is 0.493 e. The quantitative estimate of drug-likeness (QED) is 0.643. The summed E-state index contributed by atoms with van der Waals surface area (Å²) in [5.41, 5.74) is 0. The fraction of sp³-hybridized carbons (Fsp3) is 0. The van der Waals surface area contributed by atoms with Crippen LogP contribution in [0.3, 0.4) is 0 Å². The van der Waals surface area contributed by atoms with Crippen LogP contribution >= 0.6 is 22.9 Å². The zero-order valence-electron chi connectivity index (χ0n) is 7.57. The van der Waals surface area contributed by atoms with Crippen molar-refractivity contribution < 1.29 is 5.11 Å². The summed E-state index contributed by atoms with van der Waals surface area (Å²) in [5.74, 6) is 0.0704. The van der Waals surface area contributed by atoms with Gasteiger partial charge >= 0.3 is 0 Å². The molecule has 0 saturated heterocycles. The van der Waals surface area contributed by atoms with Crippen LogP contribution in [0.2, 0.25) is 5.02 Å². The predicted molar refractivity (Wildman–Crippen MR) is 63.8 cm³/mol. The number of hydrogen-bond acceptors (Lipinski definition) is 3. The van der Waals surface area contributed by atoms with Crippen LogP contribution < -0.4 is 0 Å². The Morgan fingerprint density at radius 1 is 1.27 bits per heavy atom. The highest BCUT2D eigenvalue weighted by Gasteiger charge is 2.10. The number of aromatic nitrogens is 1. The van der Waals surface area contributed by atoms with E-state index in [2.05, 4.69) is 4.98 Å². The third-order valence-corrected chi connectivity index (χ3v) is 3.97. The molecule has 0 bridgehead atoms. The van der Waals surface area contributed by atoms with E-state index in [0.717, 1.165) is 20.2 Å². The van der Waals surface area contributed by atoms with Gasteiger partial charge in [0.15, 0.2) is 0 Å². The minimum Gasteiger partial charge on any atom is -0.493 e. The second kappa shape index (κ2) is 3.08. The average Bonchev–Trinajstić information content (AvgIpc) is 2.59. The van der Waals surface area contributed by atoms with Gasteiger partial charge in [-0.3, -0.25) is 0 Å². The lowest BCUT2D eigenvalue weighted by atomic mass is 10.2. The zero-order chi connectivity index (χ0) is 10.4. The van der Waals surface area contributed by atoms with Crippen LogP contribution in [0.4, 0.5) is 0 Å². The molecule has 0 saturated carbocycles. The smallest absolute Gasteiger partial charge is 0.220 e. The topological polar surface area (TPSA) is 33.1 Å². The maximum absolute atomic E-state index is 9.70. The lowest BCUT2D eigenvalue weighted by molar-refractivity contribution is 0.461. The molecule has 15 heavy (non-hydrogen) atoms. The van der Waals surface area contributed by atoms with Gasteiger partial charge in [-0.1, -0.05) is 23.7 Å². The number of hydrogen-bond donors (Lipinski definition) is 1. The molecule has 2 heterocycles. The molecule has 0 unspecified atom stereocenters. The summed E-state index contributed by atoms with van der Waals surface area (Å²) in [6.07, 6.45) is 1.60. The van der Waals surface area contributed by atoms with Crippen LogP contribution in [0.5, 0.6) is 5.88 Å². The van der Waals surface area contributed by atoms with Crippen molar-refractivity contribution in [1.29, 1.82) is 0 Å². The highest BCUT2D eigenvalue weighted by molar-refractivity contribution is 7.26. The Morgan fingerprint density at radius 3 is 3.00 bits per heavy atom. The van der Waals surface area contributed by atoms with E-state index in [0.29, 0.717) is 5.02 Å². The molecule has 1 aromatic carbocycles. The molecule has 0 fully saturated rings. The Hall–Kier alpha value is -1.32. The van der Waals surface area contributed by atoms with Crippen molar-refractivity contribution in [2.45, 2.75) is 0 Å². The Balaban J connectivity index is 2.65. The summed E-state index contributed by atoms with van der Waals surface area (Å²) in [7, 11) is 0. The van der Waals surface area contributed by atoms with Gasteiger partial charge in [-0.2, -0.15) is 0 Å². The van der Waals surface area contributed by atoms with E-state index < -0.39 is 0 Å². The second-order valence-corrected chi connectivity index (χ2v) is 4.69. The highest BCUT2D eigenvalue weighted by atomic mass is 35.5. The fourth-order valence-electron chi connectivity index (χ4n) is 1.69. The SMILES string of the molecule is Oc1nccc2sc3c(Cl)cccc3c12. The first-order chi connectivity index (χ1) is 7.27. The summed E-state index contributed by atoms with van der Waals surface area (Å²) in [6.45, 7) is 0. The number of pyridine rings is 1. The number of benzene rings is 1. The number of rotatable bonds is 0. The van der Waals surface area contributed by atoms with Crippen molar-refractivity contribution in [3.63, 3.8) is 0 Å². The van der Waals surface area contributed by atoms with Crippen LogP contribution in [0, 0.1) is 0 Å². The van der Waals surface area contributed by atoms with E-state index in [9.17, 15) is 5.11 Å². The van der Waals surface area contributed by atoms with Gasteiger partial charge < -0.3 is 5.11 Å². The fourth-order valence-corrected chi connectivity index (χ4v) is 3.08. The van der Waals surface area contributed by atoms with Crippen molar-refractivity contribution in [2.75, 3.05) is 0 Å². The first-order valence-electron chi connectivity index (χ1n) is 4.42. The third kappa shape index (κ3) is 1.20. The lowest BCUT2D eigenvalue weighted by Gasteiger charge is -1.94. The zero-order valence-corrected chi connectivity index (χ0v) is 9.14. The molecule has 0 amide bonds. The van der Waals surface area contributed by atoms with Crippen LogP contribution in [-0.2, 0) is 0 Å². The maximum Gasteiger partial charge on any atom is 0.220 e. The Bertz CT molecular complexity index is 662. The molecule has 0 radical (unpaired) electrons. The minimum absolute atomic E-state index is 0.0704. The first-order valence-corrected chi connectivity index (χ1v) is 5.61. The van der Waals surface area contributed by atoms with Gasteiger partial charge in [0.1, 0.15) is 0 Å². The van der Waals surface area contributed by atoms with E-state index in [-0.39, 0.29) is 5.88 Å². The van der Waals surface area contributed by atoms with Crippen molar-refractivity contribution in [3.05, 3.63) is 35.5 Å². The van der Waals surface area contributed by atoms with Gasteiger partial charge in [-0.25, -0.2) is 4.98 Å². The number of aromatic hydroxyl groups is 1. The van der Waals surface area contributed by atoms with E-state index in [1.807, 2.05) is 24.3 Å².